The fourth-order valence-electron chi connectivity index (χ4n) is 8.61. The highest BCUT2D eigenvalue weighted by molar-refractivity contribution is 7.25. The molecule has 0 saturated carbocycles. The monoisotopic (exact) mass is 749 g/mol. The van der Waals surface area contributed by atoms with Gasteiger partial charge in [0.1, 0.15) is 11.3 Å². The summed E-state index contributed by atoms with van der Waals surface area (Å²) in [6.45, 7) is 0. The molecular weight excluding hydrogens is 719 g/mol. The van der Waals surface area contributed by atoms with E-state index in [2.05, 4.69) is 132 Å². The standard InChI is InChI=1S/C50H31N5OS/c1-3-12-30(13-4-1)48-52-49(32-22-24-37-36-17-8-10-21-43(36)57-44(37)29-32)54-50(53-48)39-26-27-51-45-38-19-11-18-34(46(38)56-47(39)45)31-23-25-42-40(28-31)35-16-7-9-20-41(35)55(42)33-14-5-2-6-15-33/h1-17,19-29,34H,18H2. The van der Waals surface area contributed by atoms with Gasteiger partial charge in [0.25, 0.3) is 0 Å². The number of benzene rings is 6. The van der Waals surface area contributed by atoms with Crippen molar-refractivity contribution in [3.63, 3.8) is 0 Å². The van der Waals surface area contributed by atoms with Crippen molar-refractivity contribution >= 4 is 70.5 Å². The lowest BCUT2D eigenvalue weighted by Gasteiger charge is -2.18. The van der Waals surface area contributed by atoms with Crippen LogP contribution in [0.15, 0.2) is 168 Å². The van der Waals surface area contributed by atoms with E-state index in [1.54, 1.807) is 11.3 Å². The van der Waals surface area contributed by atoms with E-state index >= 15 is 0 Å². The summed E-state index contributed by atoms with van der Waals surface area (Å²) in [7, 11) is 0. The van der Waals surface area contributed by atoms with Gasteiger partial charge < -0.3 is 8.98 Å². The highest BCUT2D eigenvalue weighted by Gasteiger charge is 2.29. The van der Waals surface area contributed by atoms with Crippen LogP contribution in [-0.2, 0) is 0 Å². The summed E-state index contributed by atoms with van der Waals surface area (Å²) in [5.41, 5.74) is 9.84. The Hall–Kier alpha value is -7.22. The molecule has 6 aromatic carbocycles. The van der Waals surface area contributed by atoms with E-state index in [0.29, 0.717) is 23.1 Å². The number of thiophene rings is 1. The molecule has 12 rings (SSSR count). The number of allylic oxidation sites excluding steroid dienone is 1. The number of furan rings is 1. The highest BCUT2D eigenvalue weighted by atomic mass is 32.1. The third kappa shape index (κ3) is 5.09. The molecule has 57 heavy (non-hydrogen) atoms. The van der Waals surface area contributed by atoms with E-state index in [0.717, 1.165) is 45.6 Å². The van der Waals surface area contributed by atoms with Crippen LogP contribution >= 0.6 is 11.3 Å². The number of pyridine rings is 1. The molecule has 7 heteroatoms. The molecule has 11 aromatic rings. The largest absolute Gasteiger partial charge is 0.457 e. The van der Waals surface area contributed by atoms with Gasteiger partial charge in [-0.05, 0) is 60.5 Å². The molecule has 0 spiro atoms. The Balaban J connectivity index is 1.01. The van der Waals surface area contributed by atoms with Gasteiger partial charge in [-0.15, -0.1) is 11.3 Å². The molecule has 1 atom stereocenters. The quantitative estimate of drug-likeness (QED) is 0.175. The van der Waals surface area contributed by atoms with E-state index in [-0.39, 0.29) is 5.92 Å². The van der Waals surface area contributed by atoms with Crippen LogP contribution in [0.25, 0.3) is 99.0 Å². The molecule has 0 fully saturated rings. The molecule has 6 nitrogen and oxygen atoms in total. The van der Waals surface area contributed by atoms with Crippen LogP contribution in [0.1, 0.15) is 29.2 Å². The summed E-state index contributed by atoms with van der Waals surface area (Å²) in [4.78, 5) is 20.2. The second-order valence-corrected chi connectivity index (χ2v) is 15.6. The Morgan fingerprint density at radius 3 is 2.18 bits per heavy atom. The molecule has 0 amide bonds. The third-order valence-electron chi connectivity index (χ3n) is 11.3. The first-order valence-corrected chi connectivity index (χ1v) is 20.0. The molecule has 1 aliphatic carbocycles. The Bertz CT molecular complexity index is 3400. The van der Waals surface area contributed by atoms with Crippen LogP contribution in [0.2, 0.25) is 0 Å². The van der Waals surface area contributed by atoms with Gasteiger partial charge in [-0.3, -0.25) is 4.98 Å². The first-order valence-electron chi connectivity index (χ1n) is 19.2. The van der Waals surface area contributed by atoms with E-state index in [1.807, 2.05) is 42.6 Å². The van der Waals surface area contributed by atoms with Crippen LogP contribution < -0.4 is 0 Å². The second-order valence-electron chi connectivity index (χ2n) is 14.6. The summed E-state index contributed by atoms with van der Waals surface area (Å²) in [5, 5.41) is 4.94. The van der Waals surface area contributed by atoms with Crippen LogP contribution in [0.3, 0.4) is 0 Å². The Morgan fingerprint density at radius 2 is 1.30 bits per heavy atom. The molecule has 1 aliphatic rings. The van der Waals surface area contributed by atoms with Gasteiger partial charge in [0.05, 0.1) is 16.6 Å². The summed E-state index contributed by atoms with van der Waals surface area (Å²) in [6.07, 6.45) is 7.05. The highest BCUT2D eigenvalue weighted by Crippen LogP contribution is 2.44. The molecule has 1 unspecified atom stereocenters. The fraction of sp³-hybridized carbons (Fsp3) is 0.0400. The van der Waals surface area contributed by atoms with Crippen LogP contribution in [0.4, 0.5) is 0 Å². The van der Waals surface area contributed by atoms with Crippen molar-refractivity contribution < 1.29 is 4.42 Å². The summed E-state index contributed by atoms with van der Waals surface area (Å²) in [6, 6.07) is 53.2. The summed E-state index contributed by atoms with van der Waals surface area (Å²) < 4.78 is 11.8. The molecular formula is C50H31N5OS. The maximum atomic E-state index is 6.98. The van der Waals surface area contributed by atoms with Crippen LogP contribution in [0, 0.1) is 0 Å². The van der Waals surface area contributed by atoms with Gasteiger partial charge in [-0.25, -0.2) is 15.0 Å². The zero-order valence-electron chi connectivity index (χ0n) is 30.5. The zero-order valence-corrected chi connectivity index (χ0v) is 31.3. The fourth-order valence-corrected chi connectivity index (χ4v) is 9.75. The molecule has 0 bridgehead atoms. The lowest BCUT2D eigenvalue weighted by atomic mass is 9.86. The number of aromatic nitrogens is 5. The SMILES string of the molecule is C1=Cc2c(oc3c(-c4nc(-c5ccccc5)nc(-c5ccc6c(c5)sc5ccccc56)n4)ccnc23)C(c2ccc3c(c2)c2ccccc2n3-c2ccccc2)C1. The van der Waals surface area contributed by atoms with Gasteiger partial charge in [0, 0.05) is 65.4 Å². The van der Waals surface area contributed by atoms with E-state index in [4.69, 9.17) is 24.4 Å². The Labute approximate surface area is 331 Å². The minimum atomic E-state index is 0.0112. The minimum Gasteiger partial charge on any atom is -0.457 e. The van der Waals surface area contributed by atoms with Gasteiger partial charge >= 0.3 is 0 Å². The Morgan fingerprint density at radius 1 is 0.579 bits per heavy atom. The van der Waals surface area contributed by atoms with Gasteiger partial charge in [0.2, 0.25) is 0 Å². The molecule has 268 valence electrons. The van der Waals surface area contributed by atoms with Crippen LogP contribution in [-0.4, -0.2) is 24.5 Å². The van der Waals surface area contributed by atoms with Crippen LogP contribution in [0.5, 0.6) is 0 Å². The molecule has 5 aromatic heterocycles. The predicted molar refractivity (Wildman–Crippen MR) is 233 cm³/mol. The van der Waals surface area contributed by atoms with Crippen molar-refractivity contribution in [2.75, 3.05) is 0 Å². The molecule has 0 saturated heterocycles. The van der Waals surface area contributed by atoms with E-state index in [9.17, 15) is 0 Å². The lowest BCUT2D eigenvalue weighted by Crippen LogP contribution is -2.03. The average molecular weight is 750 g/mol. The van der Waals surface area contributed by atoms with Crippen molar-refractivity contribution in [3.8, 4) is 39.9 Å². The first-order chi connectivity index (χ1) is 28.2. The average Bonchev–Trinajstić information content (AvgIpc) is 3.96. The number of hydrogen-bond donors (Lipinski definition) is 0. The number of nitrogens with zero attached hydrogens (tertiary/aromatic N) is 5. The first kappa shape index (κ1) is 32.1. The van der Waals surface area contributed by atoms with E-state index < -0.39 is 0 Å². The van der Waals surface area contributed by atoms with Gasteiger partial charge in [-0.1, -0.05) is 115 Å². The number of rotatable bonds is 5. The number of fused-ring (bicyclic) bond motifs is 9. The molecule has 0 N–H and O–H groups in total. The van der Waals surface area contributed by atoms with Crippen molar-refractivity contribution in [3.05, 3.63) is 181 Å². The second kappa shape index (κ2) is 12.7. The normalized spacial score (nSPS) is 14.0. The molecule has 0 aliphatic heterocycles. The lowest BCUT2D eigenvalue weighted by molar-refractivity contribution is 0.517. The zero-order chi connectivity index (χ0) is 37.5. The van der Waals surface area contributed by atoms with Crippen molar-refractivity contribution in [1.82, 2.24) is 24.5 Å². The summed E-state index contributed by atoms with van der Waals surface area (Å²) in [5.74, 6) is 2.68. The van der Waals surface area contributed by atoms with Crippen molar-refractivity contribution in [2.45, 2.75) is 12.3 Å². The number of para-hydroxylation sites is 2. The van der Waals surface area contributed by atoms with Gasteiger partial charge in [-0.2, -0.15) is 0 Å². The van der Waals surface area contributed by atoms with Gasteiger partial charge in [0.15, 0.2) is 23.1 Å². The smallest absolute Gasteiger partial charge is 0.167 e. The maximum absolute atomic E-state index is 6.98. The third-order valence-corrected chi connectivity index (χ3v) is 12.4. The molecule has 5 heterocycles. The minimum absolute atomic E-state index is 0.0112. The maximum Gasteiger partial charge on any atom is 0.167 e. The molecule has 0 radical (unpaired) electrons. The number of hydrogen-bond acceptors (Lipinski definition) is 6. The van der Waals surface area contributed by atoms with Crippen molar-refractivity contribution in [2.24, 2.45) is 0 Å². The Kier molecular flexibility index (Phi) is 7.12. The predicted octanol–water partition coefficient (Wildman–Crippen LogP) is 13.0. The van der Waals surface area contributed by atoms with Crippen molar-refractivity contribution in [1.29, 1.82) is 0 Å². The van der Waals surface area contributed by atoms with E-state index in [1.165, 1.54) is 47.5 Å². The summed E-state index contributed by atoms with van der Waals surface area (Å²) >= 11 is 1.79. The topological polar surface area (TPSA) is 69.6 Å².